The summed E-state index contributed by atoms with van der Waals surface area (Å²) in [6.45, 7) is 1.73. The average Bonchev–Trinajstić information content (AvgIpc) is 2.39. The summed E-state index contributed by atoms with van der Waals surface area (Å²) >= 11 is 0. The van der Waals surface area contributed by atoms with Gasteiger partial charge in [0.25, 0.3) is 0 Å². The Bertz CT molecular complexity index is 566. The van der Waals surface area contributed by atoms with Crippen LogP contribution in [0.3, 0.4) is 0 Å². The number of hydrogen-bond donors (Lipinski definition) is 1. The van der Waals surface area contributed by atoms with Crippen molar-refractivity contribution in [1.29, 1.82) is 0 Å². The summed E-state index contributed by atoms with van der Waals surface area (Å²) < 4.78 is 23.4. The van der Waals surface area contributed by atoms with Crippen LogP contribution in [0.25, 0.3) is 0 Å². The summed E-state index contributed by atoms with van der Waals surface area (Å²) in [7, 11) is -3.27. The van der Waals surface area contributed by atoms with E-state index in [4.69, 9.17) is 0 Å². The topological polar surface area (TPSA) is 63.2 Å². The number of nitrogens with one attached hydrogen (secondary N) is 1. The molecule has 1 fully saturated rings. The number of benzene rings is 1. The van der Waals surface area contributed by atoms with Gasteiger partial charge in [0.05, 0.1) is 4.90 Å². The van der Waals surface area contributed by atoms with E-state index in [2.05, 4.69) is 5.32 Å². The summed E-state index contributed by atoms with van der Waals surface area (Å²) in [6, 6.07) is 6.77. The van der Waals surface area contributed by atoms with Crippen molar-refractivity contribution in [1.82, 2.24) is 5.32 Å². The van der Waals surface area contributed by atoms with E-state index in [0.717, 1.165) is 25.9 Å². The molecule has 0 aliphatic carbocycles. The zero-order chi connectivity index (χ0) is 13.9. The molecule has 1 saturated heterocycles. The first-order chi connectivity index (χ1) is 8.98. The van der Waals surface area contributed by atoms with Gasteiger partial charge >= 0.3 is 0 Å². The second-order valence-electron chi connectivity index (χ2n) is 5.05. The number of sulfone groups is 1. The maximum absolute atomic E-state index is 12.2. The van der Waals surface area contributed by atoms with Crippen LogP contribution in [0.1, 0.15) is 18.4 Å². The summed E-state index contributed by atoms with van der Waals surface area (Å²) in [4.78, 5) is 12.5. The number of ketones is 1. The molecule has 0 atom stereocenters. The van der Waals surface area contributed by atoms with E-state index >= 15 is 0 Å². The van der Waals surface area contributed by atoms with Gasteiger partial charge in [-0.2, -0.15) is 0 Å². The molecule has 2 rings (SSSR count). The lowest BCUT2D eigenvalue weighted by Crippen LogP contribution is -2.32. The fourth-order valence-electron chi connectivity index (χ4n) is 2.49. The second kappa shape index (κ2) is 7.20. The fourth-order valence-corrected chi connectivity index (χ4v) is 3.43. The fraction of sp³-hybridized carbons (Fsp3) is 0.500. The molecule has 0 unspecified atom stereocenters. The van der Waals surface area contributed by atoms with E-state index in [1.165, 1.54) is 6.26 Å². The van der Waals surface area contributed by atoms with Crippen LogP contribution in [0.2, 0.25) is 0 Å². The number of piperidine rings is 1. The van der Waals surface area contributed by atoms with Crippen molar-refractivity contribution in [3.63, 3.8) is 0 Å². The van der Waals surface area contributed by atoms with Gasteiger partial charge in [0.2, 0.25) is 0 Å². The third-order valence-corrected chi connectivity index (χ3v) is 4.73. The number of rotatable bonds is 4. The zero-order valence-corrected chi connectivity index (χ0v) is 13.1. The highest BCUT2D eigenvalue weighted by Gasteiger charge is 2.23. The Balaban J connectivity index is 0.00000200. The van der Waals surface area contributed by atoms with E-state index in [1.54, 1.807) is 24.3 Å². The molecular formula is C14H20ClNO3S. The van der Waals surface area contributed by atoms with Crippen LogP contribution in [0.4, 0.5) is 0 Å². The highest BCUT2D eigenvalue weighted by atomic mass is 35.5. The van der Waals surface area contributed by atoms with Gasteiger partial charge in [0, 0.05) is 18.6 Å². The predicted molar refractivity (Wildman–Crippen MR) is 81.1 cm³/mol. The van der Waals surface area contributed by atoms with Gasteiger partial charge in [-0.05, 0) is 37.6 Å². The van der Waals surface area contributed by atoms with E-state index in [0.29, 0.717) is 5.56 Å². The largest absolute Gasteiger partial charge is 0.317 e. The molecule has 1 aliphatic heterocycles. The number of carbonyl (C=O) groups excluding carboxylic acids is 1. The standard InChI is InChI=1S/C14H19NO3S.ClH/c1-19(17,18)14-5-3-2-4-12(14)10-13(16)11-6-8-15-9-7-11;/h2-5,11,15H,6-10H2,1H3;1H. The Labute approximate surface area is 126 Å². The van der Waals surface area contributed by atoms with Crippen molar-refractivity contribution >= 4 is 28.0 Å². The quantitative estimate of drug-likeness (QED) is 0.916. The molecule has 1 heterocycles. The molecule has 1 aliphatic rings. The molecule has 6 heteroatoms. The van der Waals surface area contributed by atoms with Crippen LogP contribution in [-0.4, -0.2) is 33.5 Å². The lowest BCUT2D eigenvalue weighted by molar-refractivity contribution is -0.122. The van der Waals surface area contributed by atoms with Crippen LogP contribution in [0, 0.1) is 5.92 Å². The predicted octanol–water partition coefficient (Wildman–Crippen LogP) is 1.62. The molecular weight excluding hydrogens is 298 g/mol. The highest BCUT2D eigenvalue weighted by Crippen LogP contribution is 2.20. The van der Waals surface area contributed by atoms with Crippen LogP contribution in [0.5, 0.6) is 0 Å². The van der Waals surface area contributed by atoms with Crippen LogP contribution in [0.15, 0.2) is 29.2 Å². The molecule has 1 N–H and O–H groups in total. The first-order valence-electron chi connectivity index (χ1n) is 6.50. The summed E-state index contributed by atoms with van der Waals surface area (Å²) in [5, 5.41) is 3.22. The van der Waals surface area contributed by atoms with Gasteiger partial charge < -0.3 is 5.32 Å². The first-order valence-corrected chi connectivity index (χ1v) is 8.39. The summed E-state index contributed by atoms with van der Waals surface area (Å²) in [5.41, 5.74) is 0.619. The van der Waals surface area contributed by atoms with Gasteiger partial charge in [-0.15, -0.1) is 12.4 Å². The van der Waals surface area contributed by atoms with Gasteiger partial charge in [-0.25, -0.2) is 8.42 Å². The third-order valence-electron chi connectivity index (χ3n) is 3.53. The molecule has 4 nitrogen and oxygen atoms in total. The Morgan fingerprint density at radius 1 is 1.25 bits per heavy atom. The smallest absolute Gasteiger partial charge is 0.175 e. The average molecular weight is 318 g/mol. The SMILES string of the molecule is CS(=O)(=O)c1ccccc1CC(=O)C1CCNCC1.Cl. The molecule has 20 heavy (non-hydrogen) atoms. The van der Waals surface area contributed by atoms with Crippen molar-refractivity contribution in [3.05, 3.63) is 29.8 Å². The van der Waals surface area contributed by atoms with E-state index in [9.17, 15) is 13.2 Å². The lowest BCUT2D eigenvalue weighted by atomic mass is 9.90. The number of halogens is 1. The van der Waals surface area contributed by atoms with Crippen LogP contribution < -0.4 is 5.32 Å². The minimum atomic E-state index is -3.27. The molecule has 0 spiro atoms. The number of Topliss-reactive ketones (excluding diaryl/α,β-unsaturated/α-hetero) is 1. The Hall–Kier alpha value is -0.910. The van der Waals surface area contributed by atoms with Crippen LogP contribution >= 0.6 is 12.4 Å². The highest BCUT2D eigenvalue weighted by molar-refractivity contribution is 7.90. The van der Waals surface area contributed by atoms with Gasteiger partial charge in [-0.3, -0.25) is 4.79 Å². The second-order valence-corrected chi connectivity index (χ2v) is 7.03. The molecule has 1 aromatic rings. The molecule has 0 aromatic heterocycles. The maximum atomic E-state index is 12.2. The van der Waals surface area contributed by atoms with Crippen molar-refractivity contribution in [2.24, 2.45) is 5.92 Å². The zero-order valence-electron chi connectivity index (χ0n) is 11.5. The molecule has 112 valence electrons. The van der Waals surface area contributed by atoms with Crippen molar-refractivity contribution in [2.45, 2.75) is 24.2 Å². The molecule has 1 aromatic carbocycles. The van der Waals surface area contributed by atoms with E-state index < -0.39 is 9.84 Å². The molecule has 0 bridgehead atoms. The lowest BCUT2D eigenvalue weighted by Gasteiger charge is -2.21. The van der Waals surface area contributed by atoms with E-state index in [1.807, 2.05) is 0 Å². The monoisotopic (exact) mass is 317 g/mol. The van der Waals surface area contributed by atoms with E-state index in [-0.39, 0.29) is 35.4 Å². The van der Waals surface area contributed by atoms with Crippen molar-refractivity contribution < 1.29 is 13.2 Å². The van der Waals surface area contributed by atoms with Crippen LogP contribution in [-0.2, 0) is 21.1 Å². The van der Waals surface area contributed by atoms with Gasteiger partial charge in [-0.1, -0.05) is 18.2 Å². The van der Waals surface area contributed by atoms with Crippen molar-refractivity contribution in [3.8, 4) is 0 Å². The Kier molecular flexibility index (Phi) is 6.17. The first kappa shape index (κ1) is 17.1. The third kappa shape index (κ3) is 4.30. The minimum Gasteiger partial charge on any atom is -0.317 e. The summed E-state index contributed by atoms with van der Waals surface area (Å²) in [5.74, 6) is 0.214. The normalized spacial score (nSPS) is 16.4. The Morgan fingerprint density at radius 3 is 2.45 bits per heavy atom. The maximum Gasteiger partial charge on any atom is 0.175 e. The molecule has 0 radical (unpaired) electrons. The Morgan fingerprint density at radius 2 is 1.85 bits per heavy atom. The molecule has 0 amide bonds. The van der Waals surface area contributed by atoms with Crippen molar-refractivity contribution in [2.75, 3.05) is 19.3 Å². The molecule has 0 saturated carbocycles. The number of carbonyl (C=O) groups is 1. The number of hydrogen-bond acceptors (Lipinski definition) is 4. The van der Waals surface area contributed by atoms with Gasteiger partial charge in [0.15, 0.2) is 9.84 Å². The summed E-state index contributed by atoms with van der Waals surface area (Å²) in [6.07, 6.45) is 3.09. The minimum absolute atomic E-state index is 0. The van der Waals surface area contributed by atoms with Gasteiger partial charge in [0.1, 0.15) is 5.78 Å².